The average molecular weight is 411 g/mol. The Kier molecular flexibility index (Phi) is 11.3. The highest BCUT2D eigenvalue weighted by atomic mass is 16.9. The van der Waals surface area contributed by atoms with Gasteiger partial charge in [0.1, 0.15) is 5.41 Å². The van der Waals surface area contributed by atoms with E-state index in [2.05, 4.69) is 6.92 Å². The van der Waals surface area contributed by atoms with Crippen molar-refractivity contribution in [3.8, 4) is 0 Å². The number of nitrogens with two attached hydrogens (primary N) is 1. The van der Waals surface area contributed by atoms with Gasteiger partial charge in [-0.2, -0.15) is 0 Å². The standard InChI is InChI=1S/C22H38N2O5/c1-5-6-7-8-12-16-20(24(25)26)21(17-13-18-23,19-14-10-9-11-15-19)22(27-2,28-3)29-4/h9-11,14-15,20H,5-8,12-13,16-18,23H2,1-4H3. The number of ether oxygens (including phenoxy) is 3. The highest BCUT2D eigenvalue weighted by molar-refractivity contribution is 5.30. The molecule has 7 heteroatoms. The van der Waals surface area contributed by atoms with Crippen molar-refractivity contribution in [2.75, 3.05) is 27.9 Å². The molecule has 0 saturated heterocycles. The maximum Gasteiger partial charge on any atom is 0.299 e. The summed E-state index contributed by atoms with van der Waals surface area (Å²) in [7, 11) is 4.39. The van der Waals surface area contributed by atoms with Gasteiger partial charge < -0.3 is 19.9 Å². The Bertz CT molecular complexity index is 572. The lowest BCUT2D eigenvalue weighted by Gasteiger charge is -2.48. The lowest BCUT2D eigenvalue weighted by Crippen LogP contribution is -2.63. The predicted molar refractivity (Wildman–Crippen MR) is 114 cm³/mol. The zero-order chi connectivity index (χ0) is 21.8. The second kappa shape index (κ2) is 12.9. The van der Waals surface area contributed by atoms with Crippen LogP contribution in [0.15, 0.2) is 30.3 Å². The molecule has 0 amide bonds. The van der Waals surface area contributed by atoms with Crippen LogP contribution in [-0.4, -0.2) is 44.8 Å². The van der Waals surface area contributed by atoms with Crippen LogP contribution in [0.1, 0.15) is 63.9 Å². The van der Waals surface area contributed by atoms with Crippen molar-refractivity contribution in [2.45, 2.75) is 75.7 Å². The molecule has 0 saturated carbocycles. The first-order valence-corrected chi connectivity index (χ1v) is 10.5. The van der Waals surface area contributed by atoms with Crippen LogP contribution in [0.2, 0.25) is 0 Å². The SMILES string of the molecule is CCCCCCCC([N+](=O)[O-])C(CCCN)(c1ccccc1)C(OC)(OC)OC. The third-order valence-corrected chi connectivity index (χ3v) is 5.82. The van der Waals surface area contributed by atoms with Gasteiger partial charge in [-0.05, 0) is 31.4 Å². The van der Waals surface area contributed by atoms with E-state index >= 15 is 0 Å². The summed E-state index contributed by atoms with van der Waals surface area (Å²) in [5.74, 6) is -1.61. The molecule has 1 aromatic rings. The van der Waals surface area contributed by atoms with E-state index in [0.717, 1.165) is 37.7 Å². The Labute approximate surface area is 175 Å². The second-order valence-corrected chi connectivity index (χ2v) is 7.40. The molecule has 2 atom stereocenters. The lowest BCUT2D eigenvalue weighted by molar-refractivity contribution is -0.560. The molecule has 0 aliphatic heterocycles. The number of rotatable bonds is 16. The van der Waals surface area contributed by atoms with Gasteiger partial charge in [-0.3, -0.25) is 10.1 Å². The summed E-state index contributed by atoms with van der Waals surface area (Å²) < 4.78 is 17.2. The fraction of sp³-hybridized carbons (Fsp3) is 0.727. The molecular formula is C22H38N2O5. The van der Waals surface area contributed by atoms with Crippen molar-refractivity contribution >= 4 is 0 Å². The molecular weight excluding hydrogens is 372 g/mol. The monoisotopic (exact) mass is 410 g/mol. The minimum Gasteiger partial charge on any atom is -0.330 e. The van der Waals surface area contributed by atoms with Crippen LogP contribution in [0.4, 0.5) is 0 Å². The van der Waals surface area contributed by atoms with E-state index in [9.17, 15) is 10.1 Å². The highest BCUT2D eigenvalue weighted by Gasteiger charge is 2.64. The van der Waals surface area contributed by atoms with Gasteiger partial charge in [-0.1, -0.05) is 62.9 Å². The molecule has 0 spiro atoms. The van der Waals surface area contributed by atoms with Crippen molar-refractivity contribution in [3.05, 3.63) is 46.0 Å². The van der Waals surface area contributed by atoms with E-state index in [0.29, 0.717) is 25.8 Å². The van der Waals surface area contributed by atoms with Gasteiger partial charge in [0.2, 0.25) is 6.04 Å². The van der Waals surface area contributed by atoms with Crippen LogP contribution >= 0.6 is 0 Å². The van der Waals surface area contributed by atoms with E-state index in [-0.39, 0.29) is 4.92 Å². The third-order valence-electron chi connectivity index (χ3n) is 5.82. The molecule has 0 heterocycles. The van der Waals surface area contributed by atoms with Crippen molar-refractivity contribution in [1.82, 2.24) is 0 Å². The minimum atomic E-state index is -1.61. The normalized spacial score (nSPS) is 15.1. The number of hydrogen-bond acceptors (Lipinski definition) is 6. The summed E-state index contributed by atoms with van der Waals surface area (Å²) in [5, 5.41) is 12.4. The first kappa shape index (κ1) is 25.5. The zero-order valence-electron chi connectivity index (χ0n) is 18.4. The van der Waals surface area contributed by atoms with Crippen molar-refractivity contribution < 1.29 is 19.1 Å². The maximum atomic E-state index is 12.4. The molecule has 7 nitrogen and oxygen atoms in total. The van der Waals surface area contributed by atoms with Gasteiger partial charge in [0.25, 0.3) is 5.97 Å². The van der Waals surface area contributed by atoms with Gasteiger partial charge >= 0.3 is 0 Å². The molecule has 0 fully saturated rings. The fourth-order valence-electron chi connectivity index (χ4n) is 4.42. The Morgan fingerprint density at radius 3 is 2.07 bits per heavy atom. The summed E-state index contributed by atoms with van der Waals surface area (Å²) >= 11 is 0. The molecule has 29 heavy (non-hydrogen) atoms. The third kappa shape index (κ3) is 5.75. The number of methoxy groups -OCH3 is 3. The van der Waals surface area contributed by atoms with Gasteiger partial charge in [0, 0.05) is 32.7 Å². The molecule has 0 bridgehead atoms. The number of hydrogen-bond donors (Lipinski definition) is 1. The van der Waals surface area contributed by atoms with E-state index in [4.69, 9.17) is 19.9 Å². The number of nitrogens with zero attached hydrogens (tertiary/aromatic N) is 1. The molecule has 2 N–H and O–H groups in total. The summed E-state index contributed by atoms with van der Waals surface area (Å²) in [6, 6.07) is 8.45. The van der Waals surface area contributed by atoms with E-state index < -0.39 is 17.4 Å². The van der Waals surface area contributed by atoms with Crippen LogP contribution in [0.3, 0.4) is 0 Å². The fourth-order valence-corrected chi connectivity index (χ4v) is 4.42. The lowest BCUT2D eigenvalue weighted by atomic mass is 9.67. The number of nitro groups is 1. The molecule has 0 aliphatic carbocycles. The molecule has 1 rings (SSSR count). The summed E-state index contributed by atoms with van der Waals surface area (Å²) in [4.78, 5) is 12.2. The molecule has 0 radical (unpaired) electrons. The Morgan fingerprint density at radius 1 is 1.00 bits per heavy atom. The highest BCUT2D eigenvalue weighted by Crippen LogP contribution is 2.48. The van der Waals surface area contributed by atoms with Gasteiger partial charge in [-0.25, -0.2) is 0 Å². The quantitative estimate of drug-likeness (QED) is 0.189. The van der Waals surface area contributed by atoms with E-state index in [1.54, 1.807) is 0 Å². The minimum absolute atomic E-state index is 0.199. The van der Waals surface area contributed by atoms with Crippen LogP contribution in [0, 0.1) is 10.1 Å². The van der Waals surface area contributed by atoms with Gasteiger partial charge in [0.15, 0.2) is 0 Å². The summed E-state index contributed by atoms with van der Waals surface area (Å²) in [5.41, 5.74) is 5.43. The molecule has 0 aromatic heterocycles. The second-order valence-electron chi connectivity index (χ2n) is 7.40. The molecule has 2 unspecified atom stereocenters. The topological polar surface area (TPSA) is 96.9 Å². The Hall–Kier alpha value is -1.54. The summed E-state index contributed by atoms with van der Waals surface area (Å²) in [6.07, 6.45) is 6.45. The Morgan fingerprint density at radius 2 is 1.59 bits per heavy atom. The van der Waals surface area contributed by atoms with Gasteiger partial charge in [-0.15, -0.1) is 0 Å². The van der Waals surface area contributed by atoms with Crippen LogP contribution < -0.4 is 5.73 Å². The first-order valence-electron chi connectivity index (χ1n) is 10.5. The van der Waals surface area contributed by atoms with Gasteiger partial charge in [0.05, 0.1) is 0 Å². The van der Waals surface area contributed by atoms with E-state index in [1.807, 2.05) is 30.3 Å². The molecule has 0 aliphatic rings. The van der Waals surface area contributed by atoms with Crippen LogP contribution in [0.5, 0.6) is 0 Å². The zero-order valence-corrected chi connectivity index (χ0v) is 18.4. The number of unbranched alkanes of at least 4 members (excludes halogenated alkanes) is 4. The van der Waals surface area contributed by atoms with Crippen LogP contribution in [0.25, 0.3) is 0 Å². The maximum absolute atomic E-state index is 12.4. The van der Waals surface area contributed by atoms with Crippen LogP contribution in [-0.2, 0) is 19.6 Å². The molecule has 166 valence electrons. The molecule has 1 aromatic carbocycles. The average Bonchev–Trinajstić information content (AvgIpc) is 2.75. The first-order chi connectivity index (χ1) is 14.0. The van der Waals surface area contributed by atoms with Crippen molar-refractivity contribution in [2.24, 2.45) is 5.73 Å². The summed E-state index contributed by atoms with van der Waals surface area (Å²) in [6.45, 7) is 2.56. The van der Waals surface area contributed by atoms with Crippen molar-refractivity contribution in [1.29, 1.82) is 0 Å². The van der Waals surface area contributed by atoms with E-state index in [1.165, 1.54) is 21.3 Å². The smallest absolute Gasteiger partial charge is 0.299 e. The van der Waals surface area contributed by atoms with Crippen molar-refractivity contribution in [3.63, 3.8) is 0 Å². The predicted octanol–water partition coefficient (Wildman–Crippen LogP) is 4.26. The Balaban J connectivity index is 3.53. The largest absolute Gasteiger partial charge is 0.330 e. The number of benzene rings is 1.